The number of carboxylic acid groups (broad SMARTS) is 1. The number of alkyl halides is 2. The highest BCUT2D eigenvalue weighted by Gasteiger charge is 2.46. The van der Waals surface area contributed by atoms with Gasteiger partial charge in [0, 0.05) is 12.6 Å². The Morgan fingerprint density at radius 3 is 2.85 bits per heavy atom. The van der Waals surface area contributed by atoms with Crippen LogP contribution in [0.15, 0.2) is 42.7 Å². The molecule has 1 unspecified atom stereocenters. The highest BCUT2D eigenvalue weighted by atomic mass is 19.3. The van der Waals surface area contributed by atoms with Gasteiger partial charge in [-0.05, 0) is 23.8 Å². The zero-order chi connectivity index (χ0) is 18.5. The van der Waals surface area contributed by atoms with Gasteiger partial charge in [0.25, 0.3) is 5.92 Å². The van der Waals surface area contributed by atoms with Crippen molar-refractivity contribution >= 4 is 17.4 Å². The lowest BCUT2D eigenvalue weighted by Gasteiger charge is -2.25. The van der Waals surface area contributed by atoms with E-state index in [4.69, 9.17) is 0 Å². The highest BCUT2D eigenvalue weighted by Crippen LogP contribution is 2.43. The molecule has 4 rings (SSSR count). The van der Waals surface area contributed by atoms with E-state index < -0.39 is 36.7 Å². The Morgan fingerprint density at radius 2 is 2.12 bits per heavy atom. The third-order valence-corrected chi connectivity index (χ3v) is 4.38. The third kappa shape index (κ3) is 2.75. The summed E-state index contributed by atoms with van der Waals surface area (Å²) in [6.07, 6.45) is 2.13. The summed E-state index contributed by atoms with van der Waals surface area (Å²) in [5, 5.41) is 13.1. The van der Waals surface area contributed by atoms with E-state index in [-0.39, 0.29) is 17.0 Å². The van der Waals surface area contributed by atoms with Crippen LogP contribution in [0.25, 0.3) is 5.65 Å². The van der Waals surface area contributed by atoms with Gasteiger partial charge in [-0.25, -0.2) is 27.5 Å². The van der Waals surface area contributed by atoms with Crippen molar-refractivity contribution in [1.82, 2.24) is 14.6 Å². The van der Waals surface area contributed by atoms with Gasteiger partial charge in [-0.3, -0.25) is 0 Å². The standard InChI is InChI=1S/C17H13F3N4O2/c18-11-3-1-2-10(6-11)13-7-17(19,20)9-23(13)14-4-5-24-15(22-14)12(8-21-24)16(25)26/h1-6,8,13H,7,9H2,(H,25,26). The van der Waals surface area contributed by atoms with Gasteiger partial charge in [-0.1, -0.05) is 12.1 Å². The monoisotopic (exact) mass is 362 g/mol. The lowest BCUT2D eigenvalue weighted by atomic mass is 10.0. The fraction of sp³-hybridized carbons (Fsp3) is 0.235. The van der Waals surface area contributed by atoms with Crippen LogP contribution in [0.1, 0.15) is 28.4 Å². The van der Waals surface area contributed by atoms with E-state index in [2.05, 4.69) is 10.1 Å². The molecule has 1 N–H and O–H groups in total. The maximum atomic E-state index is 14.1. The van der Waals surface area contributed by atoms with E-state index in [0.717, 1.165) is 6.20 Å². The predicted octanol–water partition coefficient (Wildman–Crippen LogP) is 3.15. The van der Waals surface area contributed by atoms with Crippen molar-refractivity contribution in [2.24, 2.45) is 0 Å². The maximum absolute atomic E-state index is 14.1. The summed E-state index contributed by atoms with van der Waals surface area (Å²) in [6, 6.07) is 6.24. The first-order valence-corrected chi connectivity index (χ1v) is 7.82. The number of aromatic nitrogens is 3. The summed E-state index contributed by atoms with van der Waals surface area (Å²) in [4.78, 5) is 16.9. The molecule has 0 spiro atoms. The van der Waals surface area contributed by atoms with E-state index in [1.165, 1.54) is 39.9 Å². The zero-order valence-corrected chi connectivity index (χ0v) is 13.3. The minimum absolute atomic E-state index is 0.0585. The lowest BCUT2D eigenvalue weighted by molar-refractivity contribution is 0.0222. The van der Waals surface area contributed by atoms with E-state index in [1.54, 1.807) is 6.07 Å². The van der Waals surface area contributed by atoms with E-state index in [1.807, 2.05) is 0 Å². The number of fused-ring (bicyclic) bond motifs is 1. The summed E-state index contributed by atoms with van der Waals surface area (Å²) in [6.45, 7) is -0.589. The first kappa shape index (κ1) is 16.4. The van der Waals surface area contributed by atoms with Crippen LogP contribution >= 0.6 is 0 Å². The summed E-state index contributed by atoms with van der Waals surface area (Å²) >= 11 is 0. The molecular formula is C17H13F3N4O2. The number of rotatable bonds is 3. The Bertz CT molecular complexity index is 1000. The Labute approximate surface area is 145 Å². The first-order valence-electron chi connectivity index (χ1n) is 7.82. The molecule has 1 aromatic carbocycles. The van der Waals surface area contributed by atoms with Gasteiger partial charge in [-0.15, -0.1) is 0 Å². The number of carbonyl (C=O) groups is 1. The summed E-state index contributed by atoms with van der Waals surface area (Å²) < 4.78 is 43.0. The number of carboxylic acids is 1. The molecule has 1 saturated heterocycles. The van der Waals surface area contributed by atoms with Crippen molar-refractivity contribution in [2.45, 2.75) is 18.4 Å². The van der Waals surface area contributed by atoms with Crippen LogP contribution in [0.2, 0.25) is 0 Å². The van der Waals surface area contributed by atoms with Gasteiger partial charge in [-0.2, -0.15) is 5.10 Å². The highest BCUT2D eigenvalue weighted by molar-refractivity contribution is 5.94. The second-order valence-electron chi connectivity index (χ2n) is 6.18. The molecule has 26 heavy (non-hydrogen) atoms. The molecule has 3 heterocycles. The zero-order valence-electron chi connectivity index (χ0n) is 13.3. The third-order valence-electron chi connectivity index (χ3n) is 4.38. The number of benzene rings is 1. The second-order valence-corrected chi connectivity index (χ2v) is 6.18. The quantitative estimate of drug-likeness (QED) is 0.775. The molecule has 0 aliphatic carbocycles. The van der Waals surface area contributed by atoms with Gasteiger partial charge < -0.3 is 10.0 Å². The van der Waals surface area contributed by atoms with Gasteiger partial charge in [0.05, 0.1) is 18.8 Å². The van der Waals surface area contributed by atoms with Crippen LogP contribution in [-0.2, 0) is 0 Å². The van der Waals surface area contributed by atoms with Gasteiger partial charge in [0.1, 0.15) is 17.2 Å². The van der Waals surface area contributed by atoms with Crippen molar-refractivity contribution in [1.29, 1.82) is 0 Å². The van der Waals surface area contributed by atoms with Gasteiger partial charge in [0.2, 0.25) is 0 Å². The Morgan fingerprint density at radius 1 is 1.31 bits per heavy atom. The smallest absolute Gasteiger partial charge is 0.341 e. The molecule has 0 amide bonds. The van der Waals surface area contributed by atoms with Crippen LogP contribution in [-0.4, -0.2) is 38.1 Å². The SMILES string of the molecule is O=C(O)c1cnn2ccc(N3CC(F)(F)CC3c3cccc(F)c3)nc12. The Hall–Kier alpha value is -3.10. The van der Waals surface area contributed by atoms with E-state index >= 15 is 0 Å². The molecular weight excluding hydrogens is 349 g/mol. The van der Waals surface area contributed by atoms with Crippen molar-refractivity contribution in [3.8, 4) is 0 Å². The maximum Gasteiger partial charge on any atom is 0.341 e. The van der Waals surface area contributed by atoms with Gasteiger partial charge in [0.15, 0.2) is 5.65 Å². The molecule has 0 radical (unpaired) electrons. The molecule has 1 aliphatic rings. The molecule has 6 nitrogen and oxygen atoms in total. The average molecular weight is 362 g/mol. The molecule has 2 aromatic heterocycles. The van der Waals surface area contributed by atoms with Crippen molar-refractivity contribution in [2.75, 3.05) is 11.4 Å². The van der Waals surface area contributed by atoms with Crippen LogP contribution in [0.4, 0.5) is 19.0 Å². The molecule has 1 atom stereocenters. The van der Waals surface area contributed by atoms with E-state index in [9.17, 15) is 23.1 Å². The number of hydrogen-bond acceptors (Lipinski definition) is 4. The minimum atomic E-state index is -2.97. The van der Waals surface area contributed by atoms with Crippen LogP contribution in [0.3, 0.4) is 0 Å². The summed E-state index contributed by atoms with van der Waals surface area (Å²) in [5.41, 5.74) is 0.346. The average Bonchev–Trinajstić information content (AvgIpc) is 3.14. The van der Waals surface area contributed by atoms with Gasteiger partial charge >= 0.3 is 5.97 Å². The summed E-state index contributed by atoms with van der Waals surface area (Å²) in [7, 11) is 0. The van der Waals surface area contributed by atoms with Crippen molar-refractivity contribution in [3.63, 3.8) is 0 Å². The van der Waals surface area contributed by atoms with Crippen molar-refractivity contribution < 1.29 is 23.1 Å². The Kier molecular flexibility index (Phi) is 3.60. The fourth-order valence-electron chi connectivity index (χ4n) is 3.24. The molecule has 0 bridgehead atoms. The largest absolute Gasteiger partial charge is 0.477 e. The number of nitrogens with zero attached hydrogens (tertiary/aromatic N) is 4. The molecule has 134 valence electrons. The first-order chi connectivity index (χ1) is 12.3. The van der Waals surface area contributed by atoms with Crippen LogP contribution < -0.4 is 4.90 Å². The second kappa shape index (κ2) is 5.72. The topological polar surface area (TPSA) is 70.7 Å². The van der Waals surface area contributed by atoms with Crippen molar-refractivity contribution in [3.05, 3.63) is 59.7 Å². The number of aromatic carboxylic acids is 1. The number of anilines is 1. The fourth-order valence-corrected chi connectivity index (χ4v) is 3.24. The Balaban J connectivity index is 1.80. The number of hydrogen-bond donors (Lipinski definition) is 1. The minimum Gasteiger partial charge on any atom is -0.477 e. The van der Waals surface area contributed by atoms with Crippen LogP contribution in [0, 0.1) is 5.82 Å². The normalized spacial score (nSPS) is 19.2. The van der Waals surface area contributed by atoms with Crippen LogP contribution in [0.5, 0.6) is 0 Å². The molecule has 0 saturated carbocycles. The molecule has 1 aliphatic heterocycles. The predicted molar refractivity (Wildman–Crippen MR) is 86.0 cm³/mol. The molecule has 9 heteroatoms. The molecule has 3 aromatic rings. The summed E-state index contributed by atoms with van der Waals surface area (Å²) in [5.74, 6) is -4.50. The lowest BCUT2D eigenvalue weighted by Crippen LogP contribution is -2.27. The molecule has 1 fully saturated rings. The number of halogens is 3. The van der Waals surface area contributed by atoms with E-state index in [0.29, 0.717) is 5.56 Å².